The third kappa shape index (κ3) is 5.01. The van der Waals surface area contributed by atoms with Gasteiger partial charge in [-0.05, 0) is 55.8 Å². The number of anilines is 1. The Morgan fingerprint density at radius 3 is 2.31 bits per heavy atom. The highest BCUT2D eigenvalue weighted by Gasteiger charge is 2.16. The van der Waals surface area contributed by atoms with Crippen molar-refractivity contribution in [2.75, 3.05) is 18.4 Å². The van der Waals surface area contributed by atoms with Crippen molar-refractivity contribution >= 4 is 46.0 Å². The van der Waals surface area contributed by atoms with Crippen LogP contribution in [-0.2, 0) is 6.54 Å². The number of amides is 1. The van der Waals surface area contributed by atoms with Gasteiger partial charge in [-0.2, -0.15) is 0 Å². The van der Waals surface area contributed by atoms with Gasteiger partial charge in [-0.15, -0.1) is 0 Å². The van der Waals surface area contributed by atoms with Gasteiger partial charge in [0.15, 0.2) is 0 Å². The van der Waals surface area contributed by atoms with Gasteiger partial charge in [0.2, 0.25) is 0 Å². The van der Waals surface area contributed by atoms with Crippen molar-refractivity contribution in [3.8, 4) is 0 Å². The molecule has 0 fully saturated rings. The van der Waals surface area contributed by atoms with E-state index in [9.17, 15) is 9.59 Å². The van der Waals surface area contributed by atoms with E-state index in [0.717, 1.165) is 37.0 Å². The minimum atomic E-state index is -0.564. The van der Waals surface area contributed by atoms with E-state index in [1.165, 1.54) is 17.7 Å². The lowest BCUT2D eigenvalue weighted by atomic mass is 10.2. The molecule has 29 heavy (non-hydrogen) atoms. The summed E-state index contributed by atoms with van der Waals surface area (Å²) >= 11 is 12.0. The number of rotatable bonds is 7. The zero-order valence-electron chi connectivity index (χ0n) is 16.5. The molecule has 154 valence electrons. The van der Waals surface area contributed by atoms with Crippen LogP contribution in [0.3, 0.4) is 0 Å². The van der Waals surface area contributed by atoms with Crippen molar-refractivity contribution in [3.63, 3.8) is 0 Å². The molecular formula is C21H24Cl2N4O2. The molecule has 0 saturated carbocycles. The monoisotopic (exact) mass is 434 g/mol. The Bertz CT molecular complexity index is 1050. The lowest BCUT2D eigenvalue weighted by molar-refractivity contribution is 0.253. The molecule has 3 aromatic rings. The van der Waals surface area contributed by atoms with Crippen LogP contribution in [0.4, 0.5) is 10.5 Å². The SMILES string of the molecule is CCCN(CCC)Cc1ccc(NC(=O)n2c(=O)[nH]c3cc(Cl)c(Cl)cc32)cc1. The smallest absolute Gasteiger partial charge is 0.307 e. The Kier molecular flexibility index (Phi) is 7.00. The zero-order chi connectivity index (χ0) is 21.0. The fourth-order valence-corrected chi connectivity index (χ4v) is 3.66. The van der Waals surface area contributed by atoms with Crippen LogP contribution in [0.2, 0.25) is 10.0 Å². The van der Waals surface area contributed by atoms with Crippen molar-refractivity contribution in [3.05, 3.63) is 62.5 Å². The molecule has 0 aliphatic rings. The van der Waals surface area contributed by atoms with Crippen LogP contribution in [0.25, 0.3) is 11.0 Å². The van der Waals surface area contributed by atoms with E-state index in [-0.39, 0.29) is 5.02 Å². The number of carbonyl (C=O) groups is 1. The number of hydrogen-bond donors (Lipinski definition) is 2. The first-order valence-corrected chi connectivity index (χ1v) is 10.4. The van der Waals surface area contributed by atoms with E-state index in [2.05, 4.69) is 29.0 Å². The third-order valence-corrected chi connectivity index (χ3v) is 5.34. The minimum absolute atomic E-state index is 0.271. The lowest BCUT2D eigenvalue weighted by Gasteiger charge is -2.21. The van der Waals surface area contributed by atoms with Crippen molar-refractivity contribution in [1.29, 1.82) is 0 Å². The molecule has 0 spiro atoms. The highest BCUT2D eigenvalue weighted by atomic mass is 35.5. The largest absolute Gasteiger partial charge is 0.334 e. The molecule has 0 unspecified atom stereocenters. The van der Waals surface area contributed by atoms with E-state index in [0.29, 0.717) is 21.7 Å². The molecule has 0 bridgehead atoms. The first-order chi connectivity index (χ1) is 13.9. The molecule has 8 heteroatoms. The Balaban J connectivity index is 1.76. The molecule has 2 N–H and O–H groups in total. The molecule has 1 aromatic heterocycles. The van der Waals surface area contributed by atoms with Gasteiger partial charge < -0.3 is 10.3 Å². The van der Waals surface area contributed by atoms with Crippen molar-refractivity contribution in [2.45, 2.75) is 33.2 Å². The van der Waals surface area contributed by atoms with Crippen LogP contribution in [-0.4, -0.2) is 33.6 Å². The average molecular weight is 435 g/mol. The summed E-state index contributed by atoms with van der Waals surface area (Å²) < 4.78 is 1.01. The van der Waals surface area contributed by atoms with Crippen LogP contribution in [0.15, 0.2) is 41.2 Å². The number of imidazole rings is 1. The second-order valence-electron chi connectivity index (χ2n) is 6.95. The normalized spacial score (nSPS) is 11.3. The van der Waals surface area contributed by atoms with Gasteiger partial charge in [-0.1, -0.05) is 49.2 Å². The summed E-state index contributed by atoms with van der Waals surface area (Å²) in [5.41, 5.74) is 2.05. The molecule has 0 aliphatic heterocycles. The number of nitrogens with zero attached hydrogens (tertiary/aromatic N) is 2. The predicted molar refractivity (Wildman–Crippen MR) is 119 cm³/mol. The quantitative estimate of drug-likeness (QED) is 0.527. The summed E-state index contributed by atoms with van der Waals surface area (Å²) in [6, 6.07) is 10.1. The van der Waals surface area contributed by atoms with Crippen molar-refractivity contribution < 1.29 is 4.79 Å². The highest BCUT2D eigenvalue weighted by molar-refractivity contribution is 6.42. The molecule has 1 heterocycles. The molecule has 3 rings (SSSR count). The summed E-state index contributed by atoms with van der Waals surface area (Å²) in [4.78, 5) is 30.0. The van der Waals surface area contributed by atoms with Crippen LogP contribution in [0.5, 0.6) is 0 Å². The Hall–Kier alpha value is -2.28. The number of aromatic amines is 1. The highest BCUT2D eigenvalue weighted by Crippen LogP contribution is 2.26. The maximum Gasteiger partial charge on any atom is 0.334 e. The van der Waals surface area contributed by atoms with Gasteiger partial charge >= 0.3 is 11.7 Å². The van der Waals surface area contributed by atoms with E-state index in [1.807, 2.05) is 24.3 Å². The second kappa shape index (κ2) is 9.48. The van der Waals surface area contributed by atoms with E-state index in [1.54, 1.807) is 0 Å². The Morgan fingerprint density at radius 1 is 1.07 bits per heavy atom. The summed E-state index contributed by atoms with van der Waals surface area (Å²) in [6.45, 7) is 7.34. The number of hydrogen-bond acceptors (Lipinski definition) is 3. The topological polar surface area (TPSA) is 70.1 Å². The van der Waals surface area contributed by atoms with Gasteiger partial charge in [-0.25, -0.2) is 14.2 Å². The summed E-state index contributed by atoms with van der Waals surface area (Å²) in [5.74, 6) is 0. The Morgan fingerprint density at radius 2 is 1.69 bits per heavy atom. The van der Waals surface area contributed by atoms with Crippen molar-refractivity contribution in [2.24, 2.45) is 0 Å². The lowest BCUT2D eigenvalue weighted by Crippen LogP contribution is -2.29. The van der Waals surface area contributed by atoms with E-state index < -0.39 is 11.7 Å². The summed E-state index contributed by atoms with van der Waals surface area (Å²) in [7, 11) is 0. The number of benzene rings is 2. The van der Waals surface area contributed by atoms with Gasteiger partial charge in [0.05, 0.1) is 21.1 Å². The number of aromatic nitrogens is 2. The summed E-state index contributed by atoms with van der Waals surface area (Å²) in [5, 5.41) is 3.34. The third-order valence-electron chi connectivity index (χ3n) is 4.62. The molecular weight excluding hydrogens is 411 g/mol. The van der Waals surface area contributed by atoms with E-state index in [4.69, 9.17) is 23.2 Å². The molecule has 2 aromatic carbocycles. The first-order valence-electron chi connectivity index (χ1n) is 9.65. The maximum absolute atomic E-state index is 12.7. The number of carbonyl (C=O) groups excluding carboxylic acids is 1. The molecule has 0 radical (unpaired) electrons. The van der Waals surface area contributed by atoms with Gasteiger partial charge in [0.25, 0.3) is 0 Å². The van der Waals surface area contributed by atoms with E-state index >= 15 is 0 Å². The van der Waals surface area contributed by atoms with Crippen LogP contribution < -0.4 is 11.0 Å². The van der Waals surface area contributed by atoms with Gasteiger partial charge in [-0.3, -0.25) is 4.90 Å². The van der Waals surface area contributed by atoms with Crippen LogP contribution >= 0.6 is 23.2 Å². The van der Waals surface area contributed by atoms with Crippen LogP contribution in [0.1, 0.15) is 32.3 Å². The molecule has 1 amide bonds. The fourth-order valence-electron chi connectivity index (χ4n) is 3.34. The standard InChI is InChI=1S/C21H24Cl2N4O2/c1-3-9-26(10-4-2)13-14-5-7-15(8-6-14)24-20(28)27-19-12-17(23)16(22)11-18(19)25-21(27)29/h5-8,11-12H,3-4,9-10,13H2,1-2H3,(H,24,28)(H,25,29). The predicted octanol–water partition coefficient (Wildman–Crippen LogP) is 5.34. The molecule has 6 nitrogen and oxygen atoms in total. The maximum atomic E-state index is 12.7. The second-order valence-corrected chi connectivity index (χ2v) is 7.77. The molecule has 0 saturated heterocycles. The average Bonchev–Trinajstić information content (AvgIpc) is 2.99. The number of nitrogens with one attached hydrogen (secondary N) is 2. The van der Waals surface area contributed by atoms with Gasteiger partial charge in [0.1, 0.15) is 0 Å². The summed E-state index contributed by atoms with van der Waals surface area (Å²) in [6.07, 6.45) is 2.23. The number of halogens is 2. The van der Waals surface area contributed by atoms with Gasteiger partial charge in [0, 0.05) is 12.2 Å². The fraction of sp³-hybridized carbons (Fsp3) is 0.333. The first kappa shape index (κ1) is 21.4. The molecule has 0 aliphatic carbocycles. The number of H-pyrrole nitrogens is 1. The zero-order valence-corrected chi connectivity index (χ0v) is 18.0. The van der Waals surface area contributed by atoms with Crippen molar-refractivity contribution in [1.82, 2.24) is 14.5 Å². The minimum Gasteiger partial charge on any atom is -0.307 e. The Labute approximate surface area is 179 Å². The van der Waals surface area contributed by atoms with Crippen LogP contribution in [0, 0.1) is 0 Å². The molecule has 0 atom stereocenters. The number of fused-ring (bicyclic) bond motifs is 1.